The summed E-state index contributed by atoms with van der Waals surface area (Å²) in [5.74, 6) is 0. The second-order valence-corrected chi connectivity index (χ2v) is 29.1. The maximum absolute atomic E-state index is 2.44. The molecule has 0 aliphatic rings. The van der Waals surface area contributed by atoms with E-state index in [0.717, 1.165) is 22.7 Å². The van der Waals surface area contributed by atoms with Crippen LogP contribution in [0.2, 0.25) is 0 Å². The molecule has 0 fully saturated rings. The van der Waals surface area contributed by atoms with Gasteiger partial charge < -0.3 is 27.4 Å². The normalized spacial score (nSPS) is 12.0. The van der Waals surface area contributed by atoms with Crippen molar-refractivity contribution in [2.45, 2.75) is 0 Å². The summed E-state index contributed by atoms with van der Waals surface area (Å²) in [6, 6.07) is 146. The largest absolute Gasteiger partial charge is 0.309 e. The molecule has 0 saturated carbocycles. The van der Waals surface area contributed by atoms with E-state index in [1.54, 1.807) is 0 Å². The molecule has 24 aromatic rings. The molecule has 0 N–H and O–H groups in total. The molecular formula is C104H66N6. The van der Waals surface area contributed by atoms with E-state index in [0.29, 0.717) is 0 Å². The number of rotatable bonds is 8. The minimum Gasteiger partial charge on any atom is -0.309 e. The lowest BCUT2D eigenvalue weighted by molar-refractivity contribution is 1.16. The van der Waals surface area contributed by atoms with Crippen LogP contribution in [-0.2, 0) is 0 Å². The summed E-state index contributed by atoms with van der Waals surface area (Å²) in [6.07, 6.45) is 0. The van der Waals surface area contributed by atoms with Crippen LogP contribution in [0, 0.1) is 0 Å². The highest BCUT2D eigenvalue weighted by atomic mass is 15.0. The third-order valence-corrected chi connectivity index (χ3v) is 23.2. The molecule has 110 heavy (non-hydrogen) atoms. The molecule has 0 bridgehead atoms. The van der Waals surface area contributed by atoms with Gasteiger partial charge in [-0.25, -0.2) is 0 Å². The third kappa shape index (κ3) is 9.36. The SMILES string of the molecule is c1ccc(-n2c3ccccc3c3cc4c(cc32)c2cc(-c3ccc5c(c3)c3ccccc3n5-c3cccc5ccccc35)ccc2n4-c2ccccc2)cc1.c1ccc(-n2c3ccccc3c3cc4c5cc(-c6ccc7c(c6)c6ccccc6n7-c6cccc7ccccc67)ccc5n(-c5ccccc5)c4cc32)cc1. The summed E-state index contributed by atoms with van der Waals surface area (Å²) in [5, 5.41) is 20.0. The molecule has 0 amide bonds. The fourth-order valence-corrected chi connectivity index (χ4v) is 18.4. The van der Waals surface area contributed by atoms with E-state index in [9.17, 15) is 0 Å². The molecule has 0 saturated heterocycles. The first kappa shape index (κ1) is 61.6. The quantitative estimate of drug-likeness (QED) is 0.145. The van der Waals surface area contributed by atoms with Crippen LogP contribution in [0.1, 0.15) is 0 Å². The summed E-state index contributed by atoms with van der Waals surface area (Å²) < 4.78 is 14.6. The molecule has 512 valence electrons. The van der Waals surface area contributed by atoms with Gasteiger partial charge in [-0.3, -0.25) is 0 Å². The molecule has 0 spiro atoms. The number of aromatic nitrogens is 6. The van der Waals surface area contributed by atoms with Gasteiger partial charge in [0.25, 0.3) is 0 Å². The Balaban J connectivity index is 0.000000132. The van der Waals surface area contributed by atoms with Gasteiger partial charge in [0.05, 0.1) is 77.6 Å². The minimum absolute atomic E-state index is 1.15. The summed E-state index contributed by atoms with van der Waals surface area (Å²) in [7, 11) is 0. The highest BCUT2D eigenvalue weighted by Crippen LogP contribution is 2.46. The number of hydrogen-bond acceptors (Lipinski definition) is 0. The van der Waals surface area contributed by atoms with Gasteiger partial charge in [-0.15, -0.1) is 0 Å². The fourth-order valence-electron chi connectivity index (χ4n) is 18.4. The second kappa shape index (κ2) is 24.4. The lowest BCUT2D eigenvalue weighted by Crippen LogP contribution is -1.95. The van der Waals surface area contributed by atoms with Crippen molar-refractivity contribution in [3.05, 3.63) is 400 Å². The maximum Gasteiger partial charge on any atom is 0.0562 e. The molecule has 0 aliphatic carbocycles. The van der Waals surface area contributed by atoms with Crippen molar-refractivity contribution >= 4 is 152 Å². The van der Waals surface area contributed by atoms with Gasteiger partial charge in [0, 0.05) is 98.2 Å². The molecule has 6 aromatic heterocycles. The smallest absolute Gasteiger partial charge is 0.0562 e. The Morgan fingerprint density at radius 3 is 0.700 bits per heavy atom. The van der Waals surface area contributed by atoms with Crippen LogP contribution in [0.25, 0.3) is 209 Å². The Kier molecular flexibility index (Phi) is 13.7. The van der Waals surface area contributed by atoms with Crippen LogP contribution in [0.3, 0.4) is 0 Å². The van der Waals surface area contributed by atoms with Crippen molar-refractivity contribution in [2.24, 2.45) is 0 Å². The van der Waals surface area contributed by atoms with Crippen molar-refractivity contribution in [1.29, 1.82) is 0 Å². The van der Waals surface area contributed by atoms with E-state index in [2.05, 4.69) is 428 Å². The topological polar surface area (TPSA) is 29.6 Å². The Morgan fingerprint density at radius 1 is 0.118 bits per heavy atom. The van der Waals surface area contributed by atoms with E-state index in [4.69, 9.17) is 0 Å². The number of hydrogen-bond donors (Lipinski definition) is 0. The zero-order valence-corrected chi connectivity index (χ0v) is 59.8. The van der Waals surface area contributed by atoms with E-state index < -0.39 is 0 Å². The van der Waals surface area contributed by atoms with E-state index in [-0.39, 0.29) is 0 Å². The number of para-hydroxylation sites is 8. The number of nitrogens with zero attached hydrogens (tertiary/aromatic N) is 6. The molecule has 0 unspecified atom stereocenters. The maximum atomic E-state index is 2.44. The molecule has 0 radical (unpaired) electrons. The average Bonchev–Trinajstić information content (AvgIpc) is 1.57. The van der Waals surface area contributed by atoms with E-state index in [1.807, 2.05) is 0 Å². The predicted molar refractivity (Wildman–Crippen MR) is 465 cm³/mol. The van der Waals surface area contributed by atoms with Crippen LogP contribution in [-0.4, -0.2) is 27.4 Å². The van der Waals surface area contributed by atoms with E-state index >= 15 is 0 Å². The van der Waals surface area contributed by atoms with Gasteiger partial charge in [0.2, 0.25) is 0 Å². The van der Waals surface area contributed by atoms with Gasteiger partial charge in [0.15, 0.2) is 0 Å². The van der Waals surface area contributed by atoms with Gasteiger partial charge in [-0.2, -0.15) is 0 Å². The van der Waals surface area contributed by atoms with Crippen molar-refractivity contribution in [3.63, 3.8) is 0 Å². The number of benzene rings is 18. The van der Waals surface area contributed by atoms with Gasteiger partial charge in [0.1, 0.15) is 0 Å². The Morgan fingerprint density at radius 2 is 0.345 bits per heavy atom. The zero-order chi connectivity index (χ0) is 72.1. The molecule has 0 aliphatic heterocycles. The fraction of sp³-hybridized carbons (Fsp3) is 0. The lowest BCUT2D eigenvalue weighted by atomic mass is 10.00. The van der Waals surface area contributed by atoms with Crippen molar-refractivity contribution < 1.29 is 0 Å². The summed E-state index contributed by atoms with van der Waals surface area (Å²) >= 11 is 0. The zero-order valence-electron chi connectivity index (χ0n) is 59.8. The van der Waals surface area contributed by atoms with Crippen molar-refractivity contribution in [3.8, 4) is 56.4 Å². The Bertz CT molecular complexity index is 7860. The first-order chi connectivity index (χ1) is 54.6. The first-order valence-electron chi connectivity index (χ1n) is 37.9. The van der Waals surface area contributed by atoms with Gasteiger partial charge >= 0.3 is 0 Å². The van der Waals surface area contributed by atoms with Crippen LogP contribution in [0.15, 0.2) is 400 Å². The van der Waals surface area contributed by atoms with Crippen LogP contribution in [0.4, 0.5) is 0 Å². The first-order valence-corrected chi connectivity index (χ1v) is 37.9. The summed E-state index contributed by atoms with van der Waals surface area (Å²) in [5.41, 5.74) is 26.3. The average molecular weight is 1400 g/mol. The molecule has 0 atom stereocenters. The molecule has 24 rings (SSSR count). The van der Waals surface area contributed by atoms with Crippen LogP contribution < -0.4 is 0 Å². The second-order valence-electron chi connectivity index (χ2n) is 29.1. The highest BCUT2D eigenvalue weighted by Gasteiger charge is 2.24. The molecule has 6 heterocycles. The summed E-state index contributed by atoms with van der Waals surface area (Å²) in [4.78, 5) is 0. The molecular weight excluding hydrogens is 1330 g/mol. The lowest BCUT2D eigenvalue weighted by Gasteiger charge is -2.12. The minimum atomic E-state index is 1.15. The Labute approximate surface area is 632 Å². The van der Waals surface area contributed by atoms with E-state index in [1.165, 1.54) is 186 Å². The molecule has 6 nitrogen and oxygen atoms in total. The van der Waals surface area contributed by atoms with Gasteiger partial charge in [-0.1, -0.05) is 243 Å². The van der Waals surface area contributed by atoms with Crippen molar-refractivity contribution in [1.82, 2.24) is 27.4 Å². The van der Waals surface area contributed by atoms with Crippen LogP contribution in [0.5, 0.6) is 0 Å². The monoisotopic (exact) mass is 1400 g/mol. The highest BCUT2D eigenvalue weighted by molar-refractivity contribution is 6.22. The third-order valence-electron chi connectivity index (χ3n) is 23.2. The standard InChI is InChI=1S/2C52H33N3/c1-3-16-37(17-4-1)53-47-23-11-9-22-41(47)44-32-52-45(33-51(44)53)43-31-36(26-28-49(43)54(52)38-18-5-2-6-19-38)35-27-29-50-42(30-35)40-21-10-12-24-48(40)55(50)46-25-13-15-34-14-7-8-20-39(34)46;1-3-16-37(17-4-1)53-47-23-11-9-22-41(47)44-32-45-43-31-36(26-28-49(43)54(52(45)33-51(44)53)38-18-5-2-6-19-38)35-27-29-50-42(30-35)40-21-10-12-24-48(40)55(50)46-25-13-15-34-14-7-8-20-39(34)46/h2*1-33H. The summed E-state index contributed by atoms with van der Waals surface area (Å²) in [6.45, 7) is 0. The van der Waals surface area contributed by atoms with Crippen LogP contribution >= 0.6 is 0 Å². The Hall–Kier alpha value is -14.7. The predicted octanol–water partition coefficient (Wildman–Crippen LogP) is 27.6. The molecule has 18 aromatic carbocycles. The van der Waals surface area contributed by atoms with Gasteiger partial charge in [-0.05, 0) is 191 Å². The van der Waals surface area contributed by atoms with Crippen molar-refractivity contribution in [2.75, 3.05) is 0 Å². The number of fused-ring (bicyclic) bond motifs is 20. The molecule has 6 heteroatoms.